The van der Waals surface area contributed by atoms with E-state index in [-0.39, 0.29) is 6.04 Å². The largest absolute Gasteiger partial charge is 0.480 e. The molecule has 0 bridgehead atoms. The monoisotopic (exact) mass is 202 g/mol. The Morgan fingerprint density at radius 3 is 2.21 bits per heavy atom. The maximum absolute atomic E-state index is 11.2. The molecular formula is C9H18N2O3. The minimum Gasteiger partial charge on any atom is -0.480 e. The third-order valence-electron chi connectivity index (χ3n) is 1.99. The Bertz CT molecular complexity index is 228. The second-order valence-corrected chi connectivity index (χ2v) is 3.74. The number of aliphatic carboxylic acids is 1. The standard InChI is InChI=1S/C9H18N2O3/c1-5-9(4,7(12)13)11-8(14)10-6(2)3/h6H,5H2,1-4H3,(H,12,13)(H2,10,11,14). The van der Waals surface area contributed by atoms with Gasteiger partial charge in [-0.1, -0.05) is 6.92 Å². The Labute approximate surface area is 83.9 Å². The molecule has 82 valence electrons. The average Bonchev–Trinajstić information content (AvgIpc) is 2.01. The van der Waals surface area contributed by atoms with E-state index < -0.39 is 17.5 Å². The summed E-state index contributed by atoms with van der Waals surface area (Å²) in [5.74, 6) is -1.03. The highest BCUT2D eigenvalue weighted by molar-refractivity contribution is 5.85. The number of carbonyl (C=O) groups is 2. The Hall–Kier alpha value is -1.26. The number of carbonyl (C=O) groups excluding carboxylic acids is 1. The molecular weight excluding hydrogens is 184 g/mol. The van der Waals surface area contributed by atoms with Crippen molar-refractivity contribution in [2.24, 2.45) is 0 Å². The van der Waals surface area contributed by atoms with Crippen molar-refractivity contribution < 1.29 is 14.7 Å². The van der Waals surface area contributed by atoms with Crippen LogP contribution in [0.1, 0.15) is 34.1 Å². The lowest BCUT2D eigenvalue weighted by molar-refractivity contribution is -0.143. The smallest absolute Gasteiger partial charge is 0.329 e. The van der Waals surface area contributed by atoms with Crippen molar-refractivity contribution in [3.05, 3.63) is 0 Å². The molecule has 5 nitrogen and oxygen atoms in total. The molecule has 0 aliphatic heterocycles. The Morgan fingerprint density at radius 2 is 1.93 bits per heavy atom. The van der Waals surface area contributed by atoms with E-state index in [4.69, 9.17) is 5.11 Å². The van der Waals surface area contributed by atoms with Crippen LogP contribution in [-0.4, -0.2) is 28.7 Å². The molecule has 0 spiro atoms. The zero-order valence-corrected chi connectivity index (χ0v) is 9.05. The lowest BCUT2D eigenvalue weighted by atomic mass is 10.00. The summed E-state index contributed by atoms with van der Waals surface area (Å²) >= 11 is 0. The van der Waals surface area contributed by atoms with Crippen LogP contribution in [0.25, 0.3) is 0 Å². The predicted molar refractivity (Wildman–Crippen MR) is 53.1 cm³/mol. The van der Waals surface area contributed by atoms with Gasteiger partial charge in [-0.15, -0.1) is 0 Å². The van der Waals surface area contributed by atoms with Gasteiger partial charge in [0.1, 0.15) is 5.54 Å². The first-order valence-corrected chi connectivity index (χ1v) is 4.64. The normalized spacial score (nSPS) is 14.6. The van der Waals surface area contributed by atoms with Gasteiger partial charge < -0.3 is 15.7 Å². The molecule has 2 amide bonds. The van der Waals surface area contributed by atoms with Crippen LogP contribution in [0.4, 0.5) is 4.79 Å². The SMILES string of the molecule is CCC(C)(NC(=O)NC(C)C)C(=O)O. The molecule has 0 fully saturated rings. The summed E-state index contributed by atoms with van der Waals surface area (Å²) in [7, 11) is 0. The van der Waals surface area contributed by atoms with Crippen LogP contribution < -0.4 is 10.6 Å². The van der Waals surface area contributed by atoms with Gasteiger partial charge in [-0.3, -0.25) is 0 Å². The third kappa shape index (κ3) is 3.64. The van der Waals surface area contributed by atoms with Gasteiger partial charge in [0.15, 0.2) is 0 Å². The topological polar surface area (TPSA) is 78.4 Å². The summed E-state index contributed by atoms with van der Waals surface area (Å²) in [5, 5.41) is 13.9. The van der Waals surface area contributed by atoms with Gasteiger partial charge in [-0.25, -0.2) is 9.59 Å². The van der Waals surface area contributed by atoms with Crippen LogP contribution in [0, 0.1) is 0 Å². The van der Waals surface area contributed by atoms with Gasteiger partial charge >= 0.3 is 12.0 Å². The van der Waals surface area contributed by atoms with Crippen LogP contribution in [0.15, 0.2) is 0 Å². The summed E-state index contributed by atoms with van der Waals surface area (Å²) in [5.41, 5.74) is -1.20. The number of hydrogen-bond acceptors (Lipinski definition) is 2. The fraction of sp³-hybridized carbons (Fsp3) is 0.778. The summed E-state index contributed by atoms with van der Waals surface area (Å²) in [6.07, 6.45) is 0.341. The summed E-state index contributed by atoms with van der Waals surface area (Å²) in [6, 6.07) is -0.461. The lowest BCUT2D eigenvalue weighted by Gasteiger charge is -2.25. The molecule has 0 rings (SSSR count). The second-order valence-electron chi connectivity index (χ2n) is 3.74. The number of hydrogen-bond donors (Lipinski definition) is 3. The third-order valence-corrected chi connectivity index (χ3v) is 1.99. The maximum atomic E-state index is 11.2. The Kier molecular flexibility index (Phi) is 4.40. The molecule has 5 heteroatoms. The van der Waals surface area contributed by atoms with Crippen molar-refractivity contribution in [2.75, 3.05) is 0 Å². The van der Waals surface area contributed by atoms with E-state index in [1.165, 1.54) is 6.92 Å². The summed E-state index contributed by atoms with van der Waals surface area (Å²) in [4.78, 5) is 22.1. The van der Waals surface area contributed by atoms with Crippen molar-refractivity contribution in [1.29, 1.82) is 0 Å². The van der Waals surface area contributed by atoms with Gasteiger partial charge in [0.05, 0.1) is 0 Å². The van der Waals surface area contributed by atoms with E-state index in [9.17, 15) is 9.59 Å². The molecule has 0 aliphatic rings. The van der Waals surface area contributed by atoms with Crippen LogP contribution in [0.3, 0.4) is 0 Å². The minimum absolute atomic E-state index is 0.00935. The van der Waals surface area contributed by atoms with Crippen LogP contribution in [0.5, 0.6) is 0 Å². The van der Waals surface area contributed by atoms with E-state index >= 15 is 0 Å². The van der Waals surface area contributed by atoms with Gasteiger partial charge in [-0.2, -0.15) is 0 Å². The van der Waals surface area contributed by atoms with Gasteiger partial charge in [0, 0.05) is 6.04 Å². The maximum Gasteiger partial charge on any atom is 0.329 e. The van der Waals surface area contributed by atoms with Crippen LogP contribution >= 0.6 is 0 Å². The van der Waals surface area contributed by atoms with Gasteiger partial charge in [0.2, 0.25) is 0 Å². The van der Waals surface area contributed by atoms with Crippen molar-refractivity contribution in [3.63, 3.8) is 0 Å². The van der Waals surface area contributed by atoms with E-state index in [0.717, 1.165) is 0 Å². The molecule has 0 radical (unpaired) electrons. The highest BCUT2D eigenvalue weighted by atomic mass is 16.4. The van der Waals surface area contributed by atoms with Crippen LogP contribution in [0.2, 0.25) is 0 Å². The lowest BCUT2D eigenvalue weighted by Crippen LogP contribution is -2.55. The van der Waals surface area contributed by atoms with E-state index in [1.807, 2.05) is 13.8 Å². The highest BCUT2D eigenvalue weighted by Crippen LogP contribution is 2.08. The van der Waals surface area contributed by atoms with Crippen molar-refractivity contribution in [1.82, 2.24) is 10.6 Å². The van der Waals surface area contributed by atoms with E-state index in [2.05, 4.69) is 10.6 Å². The number of rotatable bonds is 4. The average molecular weight is 202 g/mol. The predicted octanol–water partition coefficient (Wildman–Crippen LogP) is 0.947. The quantitative estimate of drug-likeness (QED) is 0.635. The number of amides is 2. The van der Waals surface area contributed by atoms with Gasteiger partial charge in [-0.05, 0) is 27.2 Å². The summed E-state index contributed by atoms with van der Waals surface area (Å²) < 4.78 is 0. The highest BCUT2D eigenvalue weighted by Gasteiger charge is 2.32. The van der Waals surface area contributed by atoms with Crippen molar-refractivity contribution >= 4 is 12.0 Å². The molecule has 1 unspecified atom stereocenters. The zero-order chi connectivity index (χ0) is 11.4. The molecule has 0 saturated carbocycles. The van der Waals surface area contributed by atoms with Crippen LogP contribution in [-0.2, 0) is 4.79 Å². The first-order chi connectivity index (χ1) is 6.31. The molecule has 0 aromatic carbocycles. The number of carboxylic acid groups (broad SMARTS) is 1. The molecule has 0 aromatic heterocycles. The molecule has 14 heavy (non-hydrogen) atoms. The number of urea groups is 1. The summed E-state index contributed by atoms with van der Waals surface area (Å²) in [6.45, 7) is 6.81. The van der Waals surface area contributed by atoms with Gasteiger partial charge in [0.25, 0.3) is 0 Å². The first-order valence-electron chi connectivity index (χ1n) is 4.64. The molecule has 0 saturated heterocycles. The fourth-order valence-electron chi connectivity index (χ4n) is 0.842. The fourth-order valence-corrected chi connectivity index (χ4v) is 0.842. The first kappa shape index (κ1) is 12.7. The van der Waals surface area contributed by atoms with E-state index in [0.29, 0.717) is 6.42 Å². The zero-order valence-electron chi connectivity index (χ0n) is 9.05. The van der Waals surface area contributed by atoms with Crippen molar-refractivity contribution in [2.45, 2.75) is 45.7 Å². The Morgan fingerprint density at radius 1 is 1.43 bits per heavy atom. The molecule has 3 N–H and O–H groups in total. The molecule has 0 heterocycles. The number of carboxylic acids is 1. The molecule has 0 aromatic rings. The minimum atomic E-state index is -1.20. The molecule has 1 atom stereocenters. The molecule has 0 aliphatic carbocycles. The van der Waals surface area contributed by atoms with E-state index in [1.54, 1.807) is 6.92 Å². The number of nitrogens with one attached hydrogen (secondary N) is 2. The Balaban J connectivity index is 4.32. The second kappa shape index (κ2) is 4.83. The van der Waals surface area contributed by atoms with Crippen molar-refractivity contribution in [3.8, 4) is 0 Å².